The van der Waals surface area contributed by atoms with E-state index in [0.717, 1.165) is 0 Å². The Kier molecular flexibility index (Phi) is 4.60. The van der Waals surface area contributed by atoms with Gasteiger partial charge in [0.15, 0.2) is 0 Å². The van der Waals surface area contributed by atoms with Crippen LogP contribution in [-0.2, 0) is 11.2 Å². The Bertz CT molecular complexity index is 456. The molecule has 0 bridgehead atoms. The van der Waals surface area contributed by atoms with Crippen LogP contribution in [-0.4, -0.2) is 39.7 Å². The third-order valence-electron chi connectivity index (χ3n) is 3.59. The van der Waals surface area contributed by atoms with Gasteiger partial charge in [-0.3, -0.25) is 0 Å². The van der Waals surface area contributed by atoms with E-state index < -0.39 is 18.0 Å². The van der Waals surface area contributed by atoms with Crippen molar-refractivity contribution in [3.63, 3.8) is 0 Å². The lowest BCUT2D eigenvalue weighted by Gasteiger charge is -2.16. The molecule has 2 amide bonds. The second-order valence-electron chi connectivity index (χ2n) is 5.34. The minimum Gasteiger partial charge on any atom is -0.480 e. The fourth-order valence-electron chi connectivity index (χ4n) is 2.11. The average Bonchev–Trinajstić information content (AvgIpc) is 3.14. The molecule has 1 aromatic heterocycles. The first kappa shape index (κ1) is 14.4. The summed E-state index contributed by atoms with van der Waals surface area (Å²) in [5.74, 6) is 0.0807. The summed E-state index contributed by atoms with van der Waals surface area (Å²) < 4.78 is 0. The van der Waals surface area contributed by atoms with Crippen molar-refractivity contribution in [2.45, 2.75) is 32.2 Å². The number of carbonyl (C=O) groups is 2. The van der Waals surface area contributed by atoms with Crippen molar-refractivity contribution in [2.75, 3.05) is 6.54 Å². The molecule has 1 unspecified atom stereocenters. The van der Waals surface area contributed by atoms with Crippen molar-refractivity contribution in [3.05, 3.63) is 18.2 Å². The summed E-state index contributed by atoms with van der Waals surface area (Å²) >= 11 is 0. The highest BCUT2D eigenvalue weighted by Gasteiger charge is 2.28. The van der Waals surface area contributed by atoms with Crippen LogP contribution in [0, 0.1) is 11.8 Å². The summed E-state index contributed by atoms with van der Waals surface area (Å²) in [7, 11) is 0. The number of nitrogens with zero attached hydrogens (tertiary/aromatic N) is 1. The molecule has 110 valence electrons. The van der Waals surface area contributed by atoms with Crippen LogP contribution in [0.2, 0.25) is 0 Å². The molecule has 1 aromatic rings. The van der Waals surface area contributed by atoms with E-state index in [1.807, 2.05) is 0 Å². The third kappa shape index (κ3) is 4.25. The van der Waals surface area contributed by atoms with Crippen molar-refractivity contribution >= 4 is 12.0 Å². The maximum absolute atomic E-state index is 11.7. The maximum Gasteiger partial charge on any atom is 0.326 e. The first-order valence-electron chi connectivity index (χ1n) is 6.80. The number of carboxylic acid groups (broad SMARTS) is 1. The van der Waals surface area contributed by atoms with Crippen LogP contribution in [0.25, 0.3) is 0 Å². The van der Waals surface area contributed by atoms with E-state index >= 15 is 0 Å². The summed E-state index contributed by atoms with van der Waals surface area (Å²) in [4.78, 5) is 29.5. The van der Waals surface area contributed by atoms with Crippen molar-refractivity contribution in [3.8, 4) is 0 Å². The Labute approximate surface area is 117 Å². The number of carbonyl (C=O) groups excluding carboxylic acids is 1. The number of hydrogen-bond acceptors (Lipinski definition) is 3. The Morgan fingerprint density at radius 1 is 1.55 bits per heavy atom. The molecule has 0 saturated heterocycles. The van der Waals surface area contributed by atoms with Gasteiger partial charge in [0.25, 0.3) is 0 Å². The van der Waals surface area contributed by atoms with Crippen molar-refractivity contribution in [2.24, 2.45) is 11.8 Å². The summed E-state index contributed by atoms with van der Waals surface area (Å²) in [6.45, 7) is 2.67. The zero-order chi connectivity index (χ0) is 14.5. The summed E-state index contributed by atoms with van der Waals surface area (Å²) in [6, 6.07) is -1.41. The van der Waals surface area contributed by atoms with Crippen LogP contribution < -0.4 is 10.6 Å². The van der Waals surface area contributed by atoms with Gasteiger partial charge in [-0.1, -0.05) is 6.92 Å². The maximum atomic E-state index is 11.7. The molecule has 2 atom stereocenters. The van der Waals surface area contributed by atoms with Crippen LogP contribution >= 0.6 is 0 Å². The van der Waals surface area contributed by atoms with Gasteiger partial charge in [0.2, 0.25) is 0 Å². The topological polar surface area (TPSA) is 107 Å². The first-order valence-corrected chi connectivity index (χ1v) is 6.80. The van der Waals surface area contributed by atoms with E-state index in [1.165, 1.54) is 19.2 Å². The molecule has 0 aromatic carbocycles. The van der Waals surface area contributed by atoms with Crippen molar-refractivity contribution in [1.82, 2.24) is 20.6 Å². The number of aliphatic carboxylic acids is 1. The molecule has 1 aliphatic rings. The number of imidazole rings is 1. The monoisotopic (exact) mass is 280 g/mol. The normalized spacial score (nSPS) is 17.2. The Morgan fingerprint density at radius 3 is 2.85 bits per heavy atom. The molecule has 4 N–H and O–H groups in total. The van der Waals surface area contributed by atoms with Gasteiger partial charge in [0, 0.05) is 24.9 Å². The van der Waals surface area contributed by atoms with Gasteiger partial charge in [-0.25, -0.2) is 14.6 Å². The molecule has 7 heteroatoms. The third-order valence-corrected chi connectivity index (χ3v) is 3.59. The van der Waals surface area contributed by atoms with Gasteiger partial charge < -0.3 is 20.7 Å². The standard InChI is InChI=1S/C13H20N4O3/c1-8(9-2-3-9)5-15-13(20)17-11(12(18)19)4-10-6-14-7-16-10/h6-9,11H,2-5H2,1H3,(H,14,16)(H,18,19)(H2,15,17,20)/t8?,11-/m0/s1. The fourth-order valence-corrected chi connectivity index (χ4v) is 2.11. The quantitative estimate of drug-likeness (QED) is 0.591. The van der Waals surface area contributed by atoms with Crippen LogP contribution in [0.5, 0.6) is 0 Å². The average molecular weight is 280 g/mol. The van der Waals surface area contributed by atoms with E-state index in [4.69, 9.17) is 5.11 Å². The zero-order valence-corrected chi connectivity index (χ0v) is 11.4. The van der Waals surface area contributed by atoms with Gasteiger partial charge in [-0.2, -0.15) is 0 Å². The number of rotatable bonds is 7. The summed E-state index contributed by atoms with van der Waals surface area (Å²) in [5, 5.41) is 14.3. The lowest BCUT2D eigenvalue weighted by atomic mass is 10.1. The molecular formula is C13H20N4O3. The molecule has 1 saturated carbocycles. The largest absolute Gasteiger partial charge is 0.480 e. The smallest absolute Gasteiger partial charge is 0.326 e. The predicted molar refractivity (Wildman–Crippen MR) is 72.1 cm³/mol. The number of carboxylic acids is 1. The summed E-state index contributed by atoms with van der Waals surface area (Å²) in [6.07, 6.45) is 5.65. The molecule has 0 radical (unpaired) electrons. The zero-order valence-electron chi connectivity index (χ0n) is 11.4. The van der Waals surface area contributed by atoms with Crippen molar-refractivity contribution < 1.29 is 14.7 Å². The Balaban J connectivity index is 1.77. The highest BCUT2D eigenvalue weighted by molar-refractivity contribution is 5.82. The SMILES string of the molecule is CC(CNC(=O)N[C@@H](Cc1cnc[nH]1)C(=O)O)C1CC1. The van der Waals surface area contributed by atoms with E-state index in [1.54, 1.807) is 6.20 Å². The second-order valence-corrected chi connectivity index (χ2v) is 5.34. The van der Waals surface area contributed by atoms with E-state index in [-0.39, 0.29) is 6.42 Å². The molecule has 7 nitrogen and oxygen atoms in total. The lowest BCUT2D eigenvalue weighted by molar-refractivity contribution is -0.139. The van der Waals surface area contributed by atoms with Gasteiger partial charge in [-0.15, -0.1) is 0 Å². The first-order chi connectivity index (χ1) is 9.56. The van der Waals surface area contributed by atoms with E-state index in [2.05, 4.69) is 27.5 Å². The number of aromatic nitrogens is 2. The number of H-pyrrole nitrogens is 1. The van der Waals surface area contributed by atoms with Crippen LogP contribution in [0.4, 0.5) is 4.79 Å². The van der Waals surface area contributed by atoms with Gasteiger partial charge >= 0.3 is 12.0 Å². The van der Waals surface area contributed by atoms with E-state index in [9.17, 15) is 9.59 Å². The molecule has 1 aliphatic carbocycles. The van der Waals surface area contributed by atoms with Crippen LogP contribution in [0.15, 0.2) is 12.5 Å². The Morgan fingerprint density at radius 2 is 2.30 bits per heavy atom. The van der Waals surface area contributed by atoms with Crippen LogP contribution in [0.3, 0.4) is 0 Å². The Hall–Kier alpha value is -2.05. The highest BCUT2D eigenvalue weighted by atomic mass is 16.4. The molecule has 1 fully saturated rings. The number of nitrogens with one attached hydrogen (secondary N) is 3. The minimum absolute atomic E-state index is 0.181. The molecule has 0 spiro atoms. The van der Waals surface area contributed by atoms with Gasteiger partial charge in [-0.05, 0) is 24.7 Å². The van der Waals surface area contributed by atoms with Gasteiger partial charge in [0.05, 0.1) is 6.33 Å². The fraction of sp³-hybridized carbons (Fsp3) is 0.615. The van der Waals surface area contributed by atoms with E-state index in [0.29, 0.717) is 24.1 Å². The molecule has 1 heterocycles. The van der Waals surface area contributed by atoms with Crippen molar-refractivity contribution in [1.29, 1.82) is 0 Å². The lowest BCUT2D eigenvalue weighted by Crippen LogP contribution is -2.48. The number of urea groups is 1. The molecule has 0 aliphatic heterocycles. The molecular weight excluding hydrogens is 260 g/mol. The minimum atomic E-state index is -1.06. The number of aromatic amines is 1. The number of amides is 2. The predicted octanol–water partition coefficient (Wildman–Crippen LogP) is 0.751. The molecule has 2 rings (SSSR count). The second kappa shape index (κ2) is 6.40. The number of hydrogen-bond donors (Lipinski definition) is 4. The summed E-state index contributed by atoms with van der Waals surface area (Å²) in [5.41, 5.74) is 0.670. The molecule has 20 heavy (non-hydrogen) atoms. The van der Waals surface area contributed by atoms with Crippen LogP contribution in [0.1, 0.15) is 25.5 Å². The highest BCUT2D eigenvalue weighted by Crippen LogP contribution is 2.35. The van der Waals surface area contributed by atoms with Gasteiger partial charge in [0.1, 0.15) is 6.04 Å².